The normalized spacial score (nSPS) is 14.9. The summed E-state index contributed by atoms with van der Waals surface area (Å²) in [6, 6.07) is -2.91. The zero-order chi connectivity index (χ0) is 40.1. The zero-order valence-electron chi connectivity index (χ0n) is 25.5. The SMILES string of the molecule is CC(C)(C)OC(=O)Nc1cc(OC(F)=C(F)C(F)(F)C(F)(F)C(F)(F)C(F)(F)C(F)(F)C(F)(F)C(F)(F)F)c(NC(=O)OC(C)(C)C)cc1Br. The van der Waals surface area contributed by atoms with E-state index in [0.717, 1.165) is 0 Å². The molecule has 0 aromatic heterocycles. The van der Waals surface area contributed by atoms with Gasteiger partial charge in [-0.05, 0) is 63.5 Å². The summed E-state index contributed by atoms with van der Waals surface area (Å²) in [5, 5.41) is 3.68. The standard InChI is InChI=1S/C25H22BrF17N2O5/c1-17(2,3)49-15(46)44-10-8-12(11(7-9(10)26)45-16(47)50-18(4,5)6)48-14(28)13(27)19(29,30)20(31,32)21(33,34)22(35,36)23(37,38)24(39,40)25(41,42)43/h7-8H,1-6H3,(H,44,46)(H,45,47). The van der Waals surface area contributed by atoms with E-state index in [-0.39, 0.29) is 10.5 Å². The van der Waals surface area contributed by atoms with E-state index in [0.29, 0.717) is 6.07 Å². The molecule has 1 rings (SSSR count). The largest absolute Gasteiger partial charge is 0.460 e. The molecule has 0 saturated carbocycles. The van der Waals surface area contributed by atoms with Crippen molar-refractivity contribution < 1.29 is 98.4 Å². The van der Waals surface area contributed by atoms with Gasteiger partial charge in [0.2, 0.25) is 5.83 Å². The highest BCUT2D eigenvalue weighted by Crippen LogP contribution is 2.63. The molecule has 50 heavy (non-hydrogen) atoms. The molecule has 7 nitrogen and oxygen atoms in total. The molecule has 2 amide bonds. The van der Waals surface area contributed by atoms with Crippen LogP contribution in [0.2, 0.25) is 0 Å². The minimum atomic E-state index is -8.76. The van der Waals surface area contributed by atoms with Crippen LogP contribution in [-0.4, -0.2) is 65.1 Å². The maximum atomic E-state index is 14.6. The van der Waals surface area contributed by atoms with Crippen molar-refractivity contribution in [2.45, 2.75) is 94.5 Å². The average molecular weight is 833 g/mol. The number of hydrogen-bond acceptors (Lipinski definition) is 5. The molecule has 0 fully saturated rings. The molecule has 0 bridgehead atoms. The number of carbonyl (C=O) groups is 2. The van der Waals surface area contributed by atoms with Crippen LogP contribution >= 0.6 is 15.9 Å². The number of benzene rings is 1. The molecule has 0 spiro atoms. The predicted octanol–water partition coefficient (Wildman–Crippen LogP) is 11.0. The van der Waals surface area contributed by atoms with Crippen molar-refractivity contribution in [3.63, 3.8) is 0 Å². The molecule has 0 atom stereocenters. The molecule has 1 aromatic carbocycles. The summed E-state index contributed by atoms with van der Waals surface area (Å²) in [6.45, 7) is 7.91. The third-order valence-corrected chi connectivity index (χ3v) is 5.97. The Hall–Kier alpha value is -3.41. The molecule has 0 heterocycles. The van der Waals surface area contributed by atoms with Gasteiger partial charge >= 0.3 is 59.9 Å². The van der Waals surface area contributed by atoms with Crippen LogP contribution in [0.4, 0.5) is 95.6 Å². The van der Waals surface area contributed by atoms with Gasteiger partial charge in [-0.25, -0.2) is 9.59 Å². The molecule has 2 N–H and O–H groups in total. The van der Waals surface area contributed by atoms with Crippen molar-refractivity contribution in [1.29, 1.82) is 0 Å². The first-order chi connectivity index (χ1) is 21.8. The Morgan fingerprint density at radius 1 is 0.580 bits per heavy atom. The van der Waals surface area contributed by atoms with E-state index in [2.05, 4.69) is 20.7 Å². The van der Waals surface area contributed by atoms with E-state index < -0.39 is 94.1 Å². The van der Waals surface area contributed by atoms with Crippen LogP contribution < -0.4 is 15.4 Å². The van der Waals surface area contributed by atoms with Crippen molar-refractivity contribution in [3.05, 3.63) is 28.4 Å². The van der Waals surface area contributed by atoms with Gasteiger partial charge in [-0.15, -0.1) is 0 Å². The van der Waals surface area contributed by atoms with Crippen molar-refractivity contribution in [2.24, 2.45) is 0 Å². The highest BCUT2D eigenvalue weighted by atomic mass is 79.9. The number of amides is 2. The minimum absolute atomic E-state index is 0.284. The van der Waals surface area contributed by atoms with Crippen LogP contribution in [0.5, 0.6) is 5.75 Å². The van der Waals surface area contributed by atoms with E-state index in [1.54, 1.807) is 5.32 Å². The fourth-order valence-corrected chi connectivity index (χ4v) is 3.47. The van der Waals surface area contributed by atoms with Crippen molar-refractivity contribution in [3.8, 4) is 5.75 Å². The smallest absolute Gasteiger partial charge is 0.444 e. The van der Waals surface area contributed by atoms with E-state index in [9.17, 15) is 84.2 Å². The van der Waals surface area contributed by atoms with Gasteiger partial charge < -0.3 is 14.2 Å². The summed E-state index contributed by atoms with van der Waals surface area (Å²) in [6.07, 6.45) is -10.7. The number of carbonyl (C=O) groups excluding carboxylic acids is 2. The molecule has 1 aromatic rings. The van der Waals surface area contributed by atoms with Crippen molar-refractivity contribution >= 4 is 39.5 Å². The van der Waals surface area contributed by atoms with Crippen LogP contribution in [0.25, 0.3) is 0 Å². The summed E-state index contributed by atoms with van der Waals surface area (Å²) < 4.78 is 245. The van der Waals surface area contributed by atoms with E-state index in [1.807, 2.05) is 5.32 Å². The number of anilines is 2. The Bertz CT molecular complexity index is 1480. The Kier molecular flexibility index (Phi) is 12.1. The molecule has 0 aliphatic carbocycles. The molecule has 0 aliphatic heterocycles. The first kappa shape index (κ1) is 44.6. The maximum Gasteiger partial charge on any atom is 0.460 e. The number of rotatable bonds is 10. The Morgan fingerprint density at radius 3 is 1.32 bits per heavy atom. The second kappa shape index (κ2) is 13.6. The van der Waals surface area contributed by atoms with Gasteiger partial charge in [-0.3, -0.25) is 10.6 Å². The zero-order valence-corrected chi connectivity index (χ0v) is 27.1. The summed E-state index contributed by atoms with van der Waals surface area (Å²) in [4.78, 5) is 24.3. The van der Waals surface area contributed by atoms with Crippen molar-refractivity contribution in [1.82, 2.24) is 0 Å². The third kappa shape index (κ3) is 8.72. The van der Waals surface area contributed by atoms with Gasteiger partial charge in [0, 0.05) is 10.5 Å². The van der Waals surface area contributed by atoms with E-state index in [1.165, 1.54) is 41.5 Å². The fourth-order valence-electron chi connectivity index (χ4n) is 3.03. The summed E-state index contributed by atoms with van der Waals surface area (Å²) in [7, 11) is 0. The third-order valence-electron chi connectivity index (χ3n) is 5.32. The average Bonchev–Trinajstić information content (AvgIpc) is 2.87. The van der Waals surface area contributed by atoms with Gasteiger partial charge in [-0.1, -0.05) is 0 Å². The molecular formula is C25H22BrF17N2O5. The molecule has 0 saturated heterocycles. The number of ether oxygens (including phenoxy) is 3. The second-order valence-corrected chi connectivity index (χ2v) is 12.6. The van der Waals surface area contributed by atoms with Crippen LogP contribution in [0.15, 0.2) is 28.4 Å². The summed E-state index contributed by atoms with van der Waals surface area (Å²) in [5.41, 5.74) is -4.17. The highest BCUT2D eigenvalue weighted by molar-refractivity contribution is 9.10. The topological polar surface area (TPSA) is 85.9 Å². The van der Waals surface area contributed by atoms with Gasteiger partial charge in [0.25, 0.3) is 0 Å². The Labute approximate surface area is 277 Å². The minimum Gasteiger partial charge on any atom is -0.444 e. The lowest BCUT2D eigenvalue weighted by molar-refractivity contribution is -0.451. The maximum absolute atomic E-state index is 14.6. The first-order valence-corrected chi connectivity index (χ1v) is 13.5. The Morgan fingerprint density at radius 2 is 0.940 bits per heavy atom. The highest BCUT2D eigenvalue weighted by Gasteiger charge is 2.94. The molecule has 0 unspecified atom stereocenters. The van der Waals surface area contributed by atoms with Gasteiger partial charge in [-0.2, -0.15) is 74.6 Å². The van der Waals surface area contributed by atoms with Gasteiger partial charge in [0.15, 0.2) is 5.75 Å². The monoisotopic (exact) mass is 832 g/mol. The van der Waals surface area contributed by atoms with Crippen LogP contribution in [0, 0.1) is 0 Å². The summed E-state index contributed by atoms with van der Waals surface area (Å²) >= 11 is 2.82. The van der Waals surface area contributed by atoms with Gasteiger partial charge in [0.05, 0.1) is 11.4 Å². The lowest BCUT2D eigenvalue weighted by atomic mass is 9.91. The number of allylic oxidation sites excluding steroid dienone is 1. The number of alkyl halides is 15. The number of hydrogen-bond donors (Lipinski definition) is 2. The van der Waals surface area contributed by atoms with Crippen LogP contribution in [0.3, 0.4) is 0 Å². The summed E-state index contributed by atoms with van der Waals surface area (Å²) in [5.74, 6) is -56.8. The molecular weight excluding hydrogens is 811 g/mol. The van der Waals surface area contributed by atoms with E-state index >= 15 is 0 Å². The van der Waals surface area contributed by atoms with Gasteiger partial charge in [0.1, 0.15) is 11.2 Å². The quantitative estimate of drug-likeness (QED) is 0.181. The van der Waals surface area contributed by atoms with Crippen LogP contribution in [0.1, 0.15) is 41.5 Å². The van der Waals surface area contributed by atoms with E-state index in [4.69, 9.17) is 9.47 Å². The lowest BCUT2D eigenvalue weighted by Gasteiger charge is -2.41. The predicted molar refractivity (Wildman–Crippen MR) is 139 cm³/mol. The van der Waals surface area contributed by atoms with Crippen molar-refractivity contribution in [2.75, 3.05) is 10.6 Å². The Balaban J connectivity index is 3.83. The molecule has 0 radical (unpaired) electrons. The molecule has 288 valence electrons. The fraction of sp³-hybridized carbons (Fsp3) is 0.600. The molecule has 25 heteroatoms. The first-order valence-electron chi connectivity index (χ1n) is 12.7. The molecule has 0 aliphatic rings. The second-order valence-electron chi connectivity index (χ2n) is 11.7. The lowest BCUT2D eigenvalue weighted by Crippen LogP contribution is -2.72. The number of nitrogens with one attached hydrogen (secondary N) is 2. The van der Waals surface area contributed by atoms with Crippen LogP contribution in [-0.2, 0) is 9.47 Å². The number of halogens is 18.